The first kappa shape index (κ1) is 16.7. The van der Waals surface area contributed by atoms with Gasteiger partial charge in [-0.1, -0.05) is 29.8 Å². The first-order valence-corrected chi connectivity index (χ1v) is 8.83. The van der Waals surface area contributed by atoms with E-state index in [1.165, 1.54) is 11.3 Å². The summed E-state index contributed by atoms with van der Waals surface area (Å²) in [7, 11) is 1.60. The lowest BCUT2D eigenvalue weighted by atomic mass is 10.2. The largest absolute Gasteiger partial charge is 0.495 e. The van der Waals surface area contributed by atoms with Crippen LogP contribution in [0.1, 0.15) is 11.3 Å². The molecule has 5 nitrogen and oxygen atoms in total. The highest BCUT2D eigenvalue weighted by Gasteiger charge is 2.21. The molecule has 132 valence electrons. The number of methoxy groups -OCH3 is 1. The van der Waals surface area contributed by atoms with Gasteiger partial charge in [-0.15, -0.1) is 0 Å². The van der Waals surface area contributed by atoms with E-state index in [-0.39, 0.29) is 0 Å². The molecule has 0 spiro atoms. The van der Waals surface area contributed by atoms with E-state index >= 15 is 0 Å². The van der Waals surface area contributed by atoms with Gasteiger partial charge in [0.25, 0.3) is 0 Å². The van der Waals surface area contributed by atoms with Crippen molar-refractivity contribution < 1.29 is 4.74 Å². The lowest BCUT2D eigenvalue weighted by molar-refractivity contribution is 0.415. The van der Waals surface area contributed by atoms with E-state index in [4.69, 9.17) is 21.3 Å². The highest BCUT2D eigenvalue weighted by molar-refractivity contribution is 6.32. The summed E-state index contributed by atoms with van der Waals surface area (Å²) in [5.41, 5.74) is 4.28. The smallest absolute Gasteiger partial charge is 0.229 e. The summed E-state index contributed by atoms with van der Waals surface area (Å²) in [5.74, 6) is 2.08. The predicted octanol–water partition coefficient (Wildman–Crippen LogP) is 4.88. The molecule has 2 heterocycles. The number of nitrogens with one attached hydrogen (secondary N) is 1. The van der Waals surface area contributed by atoms with Crippen LogP contribution in [0.5, 0.6) is 5.75 Å². The average Bonchev–Trinajstić information content (AvgIpc) is 3.05. The van der Waals surface area contributed by atoms with Crippen LogP contribution >= 0.6 is 11.6 Å². The van der Waals surface area contributed by atoms with Crippen LogP contribution in [0, 0.1) is 6.92 Å². The van der Waals surface area contributed by atoms with Crippen molar-refractivity contribution >= 4 is 34.7 Å². The van der Waals surface area contributed by atoms with Crippen molar-refractivity contribution in [2.75, 3.05) is 23.9 Å². The summed E-state index contributed by atoms with van der Waals surface area (Å²) in [6, 6.07) is 16.0. The Balaban J connectivity index is 1.64. The highest BCUT2D eigenvalue weighted by Crippen LogP contribution is 2.34. The van der Waals surface area contributed by atoms with Crippen LogP contribution in [-0.2, 0) is 6.42 Å². The topological polar surface area (TPSA) is 50.3 Å². The number of benzene rings is 2. The van der Waals surface area contributed by atoms with Crippen molar-refractivity contribution in [3.8, 4) is 5.75 Å². The van der Waals surface area contributed by atoms with E-state index in [1.54, 1.807) is 13.2 Å². The molecular weight excluding hydrogens is 348 g/mol. The SMILES string of the molecule is COc1ccc(Nc2nc(C)cc(N3CCc4ccccc43)n2)cc1Cl. The average molecular weight is 367 g/mol. The number of hydrogen-bond donors (Lipinski definition) is 1. The molecule has 0 radical (unpaired) electrons. The number of aromatic nitrogens is 2. The fourth-order valence-corrected chi connectivity index (χ4v) is 3.45. The zero-order chi connectivity index (χ0) is 18.1. The summed E-state index contributed by atoms with van der Waals surface area (Å²) in [5, 5.41) is 3.78. The Morgan fingerprint density at radius 1 is 1.12 bits per heavy atom. The van der Waals surface area contributed by atoms with Crippen LogP contribution in [0.3, 0.4) is 0 Å². The van der Waals surface area contributed by atoms with Crippen molar-refractivity contribution in [1.29, 1.82) is 0 Å². The number of fused-ring (bicyclic) bond motifs is 1. The summed E-state index contributed by atoms with van der Waals surface area (Å²) in [6.07, 6.45) is 1.02. The van der Waals surface area contributed by atoms with E-state index < -0.39 is 0 Å². The zero-order valence-corrected chi connectivity index (χ0v) is 15.4. The second-order valence-corrected chi connectivity index (χ2v) is 6.60. The Hall–Kier alpha value is -2.79. The van der Waals surface area contributed by atoms with Crippen LogP contribution in [0.15, 0.2) is 48.5 Å². The predicted molar refractivity (Wildman–Crippen MR) is 105 cm³/mol. The molecule has 1 aliphatic rings. The van der Waals surface area contributed by atoms with Gasteiger partial charge < -0.3 is 15.0 Å². The van der Waals surface area contributed by atoms with Crippen LogP contribution in [0.25, 0.3) is 0 Å². The van der Waals surface area contributed by atoms with Gasteiger partial charge in [-0.05, 0) is 43.2 Å². The van der Waals surface area contributed by atoms with Gasteiger partial charge in [-0.25, -0.2) is 4.98 Å². The fourth-order valence-electron chi connectivity index (χ4n) is 3.20. The molecule has 0 aliphatic carbocycles. The molecule has 0 bridgehead atoms. The zero-order valence-electron chi connectivity index (χ0n) is 14.7. The standard InChI is InChI=1S/C20H19ClN4O/c1-13-11-19(25-10-9-14-5-3-4-6-17(14)25)24-20(22-13)23-15-7-8-18(26-2)16(21)12-15/h3-8,11-12H,9-10H2,1-2H3,(H,22,23,24). The molecule has 0 unspecified atom stereocenters. The number of halogens is 1. The molecule has 0 atom stereocenters. The molecule has 6 heteroatoms. The van der Waals surface area contributed by atoms with Crippen LogP contribution in [0.4, 0.5) is 23.1 Å². The summed E-state index contributed by atoms with van der Waals surface area (Å²) in [4.78, 5) is 11.4. The van der Waals surface area contributed by atoms with Gasteiger partial charge in [0.2, 0.25) is 5.95 Å². The molecule has 0 fully saturated rings. The minimum atomic E-state index is 0.541. The number of para-hydroxylation sites is 1. The Morgan fingerprint density at radius 2 is 1.96 bits per heavy atom. The Morgan fingerprint density at radius 3 is 2.77 bits per heavy atom. The Labute approximate surface area is 157 Å². The minimum absolute atomic E-state index is 0.541. The van der Waals surface area contributed by atoms with Crippen LogP contribution in [0.2, 0.25) is 5.02 Å². The van der Waals surface area contributed by atoms with Gasteiger partial charge in [-0.2, -0.15) is 4.98 Å². The number of rotatable bonds is 4. The van der Waals surface area contributed by atoms with E-state index in [0.717, 1.165) is 30.2 Å². The molecular formula is C20H19ClN4O. The summed E-state index contributed by atoms with van der Waals surface area (Å²) >= 11 is 6.20. The van der Waals surface area contributed by atoms with Gasteiger partial charge in [0, 0.05) is 29.7 Å². The molecule has 4 rings (SSSR count). The van der Waals surface area contributed by atoms with Crippen molar-refractivity contribution in [3.63, 3.8) is 0 Å². The normalized spacial score (nSPS) is 12.8. The number of hydrogen-bond acceptors (Lipinski definition) is 5. The maximum atomic E-state index is 6.20. The minimum Gasteiger partial charge on any atom is -0.495 e. The Bertz CT molecular complexity index is 960. The van der Waals surface area contributed by atoms with E-state index in [1.807, 2.05) is 25.1 Å². The first-order chi connectivity index (χ1) is 12.6. The van der Waals surface area contributed by atoms with Gasteiger partial charge in [0.1, 0.15) is 11.6 Å². The van der Waals surface area contributed by atoms with Crippen LogP contribution < -0.4 is 15.0 Å². The van der Waals surface area contributed by atoms with Crippen molar-refractivity contribution in [2.45, 2.75) is 13.3 Å². The number of ether oxygens (including phenoxy) is 1. The number of anilines is 4. The summed E-state index contributed by atoms with van der Waals surface area (Å²) < 4.78 is 5.19. The lowest BCUT2D eigenvalue weighted by Gasteiger charge is -2.19. The maximum absolute atomic E-state index is 6.20. The van der Waals surface area contributed by atoms with Crippen LogP contribution in [-0.4, -0.2) is 23.6 Å². The van der Waals surface area contributed by atoms with Gasteiger partial charge in [0.15, 0.2) is 0 Å². The third kappa shape index (κ3) is 3.18. The molecule has 2 aromatic carbocycles. The van der Waals surface area contributed by atoms with Crippen molar-refractivity contribution in [1.82, 2.24) is 9.97 Å². The van der Waals surface area contributed by atoms with Crippen molar-refractivity contribution in [3.05, 3.63) is 64.8 Å². The second kappa shape index (κ2) is 6.84. The van der Waals surface area contributed by atoms with E-state index in [9.17, 15) is 0 Å². The van der Waals surface area contributed by atoms with E-state index in [0.29, 0.717) is 16.7 Å². The maximum Gasteiger partial charge on any atom is 0.229 e. The van der Waals surface area contributed by atoms with Gasteiger partial charge >= 0.3 is 0 Å². The first-order valence-electron chi connectivity index (χ1n) is 8.46. The number of aryl methyl sites for hydroxylation is 1. The molecule has 1 aromatic heterocycles. The molecule has 0 amide bonds. The quantitative estimate of drug-likeness (QED) is 0.712. The number of nitrogens with zero attached hydrogens (tertiary/aromatic N) is 3. The van der Waals surface area contributed by atoms with E-state index in [2.05, 4.69) is 39.5 Å². The van der Waals surface area contributed by atoms with Gasteiger partial charge in [0.05, 0.1) is 12.1 Å². The molecule has 1 N–H and O–H groups in total. The molecule has 0 saturated heterocycles. The highest BCUT2D eigenvalue weighted by atomic mass is 35.5. The lowest BCUT2D eigenvalue weighted by Crippen LogP contribution is -2.16. The summed E-state index contributed by atoms with van der Waals surface area (Å²) in [6.45, 7) is 2.89. The third-order valence-corrected chi connectivity index (χ3v) is 4.71. The second-order valence-electron chi connectivity index (χ2n) is 6.20. The molecule has 3 aromatic rings. The molecule has 0 saturated carbocycles. The third-order valence-electron chi connectivity index (χ3n) is 4.41. The monoisotopic (exact) mass is 366 g/mol. The van der Waals surface area contributed by atoms with Gasteiger partial charge in [-0.3, -0.25) is 0 Å². The molecule has 1 aliphatic heterocycles. The fraction of sp³-hybridized carbons (Fsp3) is 0.200. The van der Waals surface area contributed by atoms with Crippen molar-refractivity contribution in [2.24, 2.45) is 0 Å². The Kier molecular flexibility index (Phi) is 4.39. The molecule has 26 heavy (non-hydrogen) atoms.